The Kier molecular flexibility index (Phi) is 8.98. The van der Waals surface area contributed by atoms with E-state index in [4.69, 9.17) is 21.7 Å². The number of ether oxygens (including phenoxy) is 2. The van der Waals surface area contributed by atoms with Gasteiger partial charge >= 0.3 is 0 Å². The number of para-hydroxylation sites is 1. The van der Waals surface area contributed by atoms with Crippen LogP contribution in [-0.2, 0) is 9.59 Å². The molecule has 0 spiro atoms. The molecule has 1 saturated heterocycles. The van der Waals surface area contributed by atoms with Gasteiger partial charge in [0.2, 0.25) is 5.91 Å². The summed E-state index contributed by atoms with van der Waals surface area (Å²) in [6, 6.07) is 11.6. The van der Waals surface area contributed by atoms with Crippen LogP contribution >= 0.6 is 24.0 Å². The molecule has 0 unspecified atom stereocenters. The summed E-state index contributed by atoms with van der Waals surface area (Å²) in [5.41, 5.74) is 0.953. The van der Waals surface area contributed by atoms with Gasteiger partial charge in [-0.2, -0.15) is 0 Å². The van der Waals surface area contributed by atoms with Crippen LogP contribution in [0.1, 0.15) is 50.5 Å². The zero-order valence-electron chi connectivity index (χ0n) is 20.1. The van der Waals surface area contributed by atoms with Crippen LogP contribution < -0.4 is 14.8 Å². The second-order valence-electron chi connectivity index (χ2n) is 8.75. The second-order valence-corrected chi connectivity index (χ2v) is 10.4. The number of hydrogen-bond donors (Lipinski definition) is 1. The summed E-state index contributed by atoms with van der Waals surface area (Å²) >= 11 is 6.64. The van der Waals surface area contributed by atoms with E-state index in [1.807, 2.05) is 18.2 Å². The van der Waals surface area contributed by atoms with Gasteiger partial charge in [0.1, 0.15) is 10.1 Å². The minimum Gasteiger partial charge on any atom is -0.493 e. The van der Waals surface area contributed by atoms with Gasteiger partial charge in [0.05, 0.1) is 23.8 Å². The predicted octanol–water partition coefficient (Wildman–Crippen LogP) is 6.17. The highest BCUT2D eigenvalue weighted by atomic mass is 32.2. The van der Waals surface area contributed by atoms with Crippen LogP contribution in [0.25, 0.3) is 6.08 Å². The maximum absolute atomic E-state index is 13.7. The van der Waals surface area contributed by atoms with Gasteiger partial charge in [0, 0.05) is 13.0 Å². The molecule has 1 aliphatic carbocycles. The SMILES string of the molecule is COc1cc(/C=C2\SC(=S)N(CCCC(=O)Nc3ccccc3F)C2=O)ccc1OC1CCCCC1. The van der Waals surface area contributed by atoms with Gasteiger partial charge < -0.3 is 14.8 Å². The number of nitrogens with one attached hydrogen (secondary N) is 1. The number of anilines is 1. The first-order chi connectivity index (χ1) is 17.4. The number of rotatable bonds is 9. The maximum Gasteiger partial charge on any atom is 0.266 e. The first-order valence-corrected chi connectivity index (χ1v) is 13.3. The van der Waals surface area contributed by atoms with Crippen molar-refractivity contribution < 1.29 is 23.5 Å². The molecule has 1 saturated carbocycles. The number of thioether (sulfide) groups is 1. The molecule has 2 aromatic carbocycles. The zero-order valence-corrected chi connectivity index (χ0v) is 21.8. The summed E-state index contributed by atoms with van der Waals surface area (Å²) in [5, 5.41) is 2.55. The number of halogens is 1. The number of carbonyl (C=O) groups is 2. The van der Waals surface area contributed by atoms with Gasteiger partial charge in [-0.25, -0.2) is 4.39 Å². The van der Waals surface area contributed by atoms with E-state index in [-0.39, 0.29) is 30.0 Å². The molecule has 2 aromatic rings. The molecule has 190 valence electrons. The standard InChI is InChI=1S/C27H29FN2O4S2/c1-33-23-16-18(13-14-22(23)34-19-8-3-2-4-9-19)17-24-26(32)30(27(35)36-24)15-7-12-25(31)29-21-11-6-5-10-20(21)28/h5-6,10-11,13-14,16-17,19H,2-4,7-9,12,15H2,1H3,(H,29,31)/b24-17-. The van der Waals surface area contributed by atoms with Crippen LogP contribution in [0.15, 0.2) is 47.4 Å². The van der Waals surface area contributed by atoms with Crippen molar-refractivity contribution >= 4 is 51.9 Å². The van der Waals surface area contributed by atoms with Crippen LogP contribution in [0.2, 0.25) is 0 Å². The number of carbonyl (C=O) groups excluding carboxylic acids is 2. The first kappa shape index (κ1) is 26.2. The average Bonchev–Trinajstić information content (AvgIpc) is 3.14. The van der Waals surface area contributed by atoms with E-state index in [9.17, 15) is 14.0 Å². The van der Waals surface area contributed by atoms with Gasteiger partial charge in [-0.05, 0) is 68.0 Å². The molecule has 1 N–H and O–H groups in total. The lowest BCUT2D eigenvalue weighted by Gasteiger charge is -2.24. The van der Waals surface area contributed by atoms with E-state index in [1.54, 1.807) is 25.3 Å². The maximum atomic E-state index is 13.7. The largest absolute Gasteiger partial charge is 0.493 e. The Morgan fingerprint density at radius 2 is 1.97 bits per heavy atom. The van der Waals surface area contributed by atoms with E-state index in [1.165, 1.54) is 48.1 Å². The summed E-state index contributed by atoms with van der Waals surface area (Å²) in [5.74, 6) is 0.344. The zero-order chi connectivity index (χ0) is 25.5. The molecule has 9 heteroatoms. The van der Waals surface area contributed by atoms with Crippen molar-refractivity contribution in [1.82, 2.24) is 4.90 Å². The third-order valence-corrected chi connectivity index (χ3v) is 7.52. The number of amides is 2. The van der Waals surface area contributed by atoms with Crippen molar-refractivity contribution in [3.8, 4) is 11.5 Å². The van der Waals surface area contributed by atoms with Crippen molar-refractivity contribution in [1.29, 1.82) is 0 Å². The van der Waals surface area contributed by atoms with E-state index in [0.717, 1.165) is 18.4 Å². The van der Waals surface area contributed by atoms with Gasteiger partial charge in [0.25, 0.3) is 5.91 Å². The smallest absolute Gasteiger partial charge is 0.266 e. The third kappa shape index (κ3) is 6.64. The van der Waals surface area contributed by atoms with E-state index in [0.29, 0.717) is 33.7 Å². The summed E-state index contributed by atoms with van der Waals surface area (Å²) in [7, 11) is 1.61. The summed E-state index contributed by atoms with van der Waals surface area (Å²) < 4.78 is 25.9. The molecule has 0 atom stereocenters. The molecule has 2 aliphatic rings. The molecule has 0 bridgehead atoms. The highest BCUT2D eigenvalue weighted by molar-refractivity contribution is 8.26. The predicted molar refractivity (Wildman–Crippen MR) is 145 cm³/mol. The van der Waals surface area contributed by atoms with E-state index >= 15 is 0 Å². The quantitative estimate of drug-likeness (QED) is 0.310. The van der Waals surface area contributed by atoms with Crippen LogP contribution in [0.4, 0.5) is 10.1 Å². The molecule has 1 heterocycles. The molecule has 36 heavy (non-hydrogen) atoms. The minimum atomic E-state index is -0.488. The molecule has 4 rings (SSSR count). The fourth-order valence-corrected chi connectivity index (χ4v) is 5.56. The number of hydrogen-bond acceptors (Lipinski definition) is 6. The molecule has 0 aromatic heterocycles. The van der Waals surface area contributed by atoms with Crippen molar-refractivity contribution in [2.45, 2.75) is 51.0 Å². The number of methoxy groups -OCH3 is 1. The van der Waals surface area contributed by atoms with Crippen LogP contribution in [0.3, 0.4) is 0 Å². The van der Waals surface area contributed by atoms with Gasteiger partial charge in [0.15, 0.2) is 11.5 Å². The summed E-state index contributed by atoms with van der Waals surface area (Å²) in [6.45, 7) is 0.310. The summed E-state index contributed by atoms with van der Waals surface area (Å²) in [6.07, 6.45) is 8.28. The molecular weight excluding hydrogens is 499 g/mol. The number of nitrogens with zero attached hydrogens (tertiary/aromatic N) is 1. The Bertz CT molecular complexity index is 1160. The van der Waals surface area contributed by atoms with Crippen LogP contribution in [0, 0.1) is 5.82 Å². The van der Waals surface area contributed by atoms with Crippen molar-refractivity contribution in [3.05, 3.63) is 58.8 Å². The molecule has 2 amide bonds. The topological polar surface area (TPSA) is 67.9 Å². The van der Waals surface area contributed by atoms with Gasteiger partial charge in [-0.15, -0.1) is 0 Å². The third-order valence-electron chi connectivity index (χ3n) is 6.14. The lowest BCUT2D eigenvalue weighted by molar-refractivity contribution is -0.122. The normalized spacial score (nSPS) is 17.5. The second kappa shape index (κ2) is 12.4. The lowest BCUT2D eigenvalue weighted by atomic mass is 9.98. The highest BCUT2D eigenvalue weighted by Gasteiger charge is 2.31. The Labute approximate surface area is 220 Å². The van der Waals surface area contributed by atoms with Gasteiger partial charge in [-0.3, -0.25) is 14.5 Å². The van der Waals surface area contributed by atoms with E-state index < -0.39 is 5.82 Å². The molecule has 2 fully saturated rings. The Hall–Kier alpha value is -2.91. The molecule has 0 radical (unpaired) electrons. The monoisotopic (exact) mass is 528 g/mol. The fourth-order valence-electron chi connectivity index (χ4n) is 4.25. The molecular formula is C27H29FN2O4S2. The Balaban J connectivity index is 1.34. The van der Waals surface area contributed by atoms with Crippen LogP contribution in [0.5, 0.6) is 11.5 Å². The number of benzene rings is 2. The minimum absolute atomic E-state index is 0.140. The van der Waals surface area contributed by atoms with Crippen molar-refractivity contribution in [3.63, 3.8) is 0 Å². The van der Waals surface area contributed by atoms with Gasteiger partial charge in [-0.1, -0.05) is 48.6 Å². The average molecular weight is 529 g/mol. The van der Waals surface area contributed by atoms with Crippen molar-refractivity contribution in [2.75, 3.05) is 19.0 Å². The van der Waals surface area contributed by atoms with E-state index in [2.05, 4.69) is 5.32 Å². The molecule has 1 aliphatic heterocycles. The van der Waals surface area contributed by atoms with Crippen LogP contribution in [-0.4, -0.2) is 40.8 Å². The molecule has 6 nitrogen and oxygen atoms in total. The lowest BCUT2D eigenvalue weighted by Crippen LogP contribution is -2.29. The highest BCUT2D eigenvalue weighted by Crippen LogP contribution is 2.36. The summed E-state index contributed by atoms with van der Waals surface area (Å²) in [4.78, 5) is 27.1. The van der Waals surface area contributed by atoms with Crippen molar-refractivity contribution in [2.24, 2.45) is 0 Å². The Morgan fingerprint density at radius 3 is 2.72 bits per heavy atom. The first-order valence-electron chi connectivity index (χ1n) is 12.1. The Morgan fingerprint density at radius 1 is 1.19 bits per heavy atom. The number of thiocarbonyl (C=S) groups is 1. The fraction of sp³-hybridized carbons (Fsp3) is 0.370.